The summed E-state index contributed by atoms with van der Waals surface area (Å²) in [5.74, 6) is 0.557. The molecule has 0 atom stereocenters. The van der Waals surface area contributed by atoms with Crippen molar-refractivity contribution < 1.29 is 9.53 Å². The van der Waals surface area contributed by atoms with Crippen molar-refractivity contribution in [1.82, 2.24) is 0 Å². The maximum Gasteiger partial charge on any atom is 0.330 e. The smallest absolute Gasteiger partial charge is 0.330 e. The molecule has 0 aromatic heterocycles. The number of ether oxygens (including phenoxy) is 1. The van der Waals surface area contributed by atoms with Gasteiger partial charge < -0.3 is 4.74 Å². The molecule has 80 valence electrons. The van der Waals surface area contributed by atoms with Crippen LogP contribution >= 0.6 is 11.8 Å². The quantitative estimate of drug-likeness (QED) is 0.579. The second-order valence-electron chi connectivity index (χ2n) is 3.13. The molecular weight excluding hydrogens is 208 g/mol. The van der Waals surface area contributed by atoms with Gasteiger partial charge in [0.1, 0.15) is 0 Å². The third kappa shape index (κ3) is 4.70. The molecule has 0 amide bonds. The van der Waals surface area contributed by atoms with Crippen LogP contribution in [0.2, 0.25) is 0 Å². The fourth-order valence-corrected chi connectivity index (χ4v) is 1.79. The Morgan fingerprint density at radius 2 is 2.33 bits per heavy atom. The number of hydrogen-bond acceptors (Lipinski definition) is 3. The summed E-state index contributed by atoms with van der Waals surface area (Å²) >= 11 is 1.58. The number of hydrogen-bond donors (Lipinski definition) is 0. The lowest BCUT2D eigenvalue weighted by molar-refractivity contribution is -0.134. The van der Waals surface area contributed by atoms with Crippen LogP contribution in [-0.2, 0) is 15.3 Å². The van der Waals surface area contributed by atoms with Crippen LogP contribution < -0.4 is 0 Å². The monoisotopic (exact) mass is 222 g/mol. The van der Waals surface area contributed by atoms with Crippen molar-refractivity contribution in [3.8, 4) is 0 Å². The van der Waals surface area contributed by atoms with Gasteiger partial charge in [0.15, 0.2) is 0 Å². The summed E-state index contributed by atoms with van der Waals surface area (Å²) in [6, 6.07) is 8.32. The lowest BCUT2D eigenvalue weighted by Gasteiger charge is -1.99. The van der Waals surface area contributed by atoms with Crippen molar-refractivity contribution in [2.24, 2.45) is 0 Å². The van der Waals surface area contributed by atoms with Gasteiger partial charge in [-0.2, -0.15) is 0 Å². The van der Waals surface area contributed by atoms with Crippen LogP contribution in [0.3, 0.4) is 0 Å². The summed E-state index contributed by atoms with van der Waals surface area (Å²) in [6.07, 6.45) is 1.43. The Morgan fingerprint density at radius 3 is 3.00 bits per heavy atom. The molecule has 0 aliphatic rings. The molecule has 0 bridgehead atoms. The zero-order chi connectivity index (χ0) is 11.1. The molecule has 3 heteroatoms. The van der Waals surface area contributed by atoms with Gasteiger partial charge in [0.05, 0.1) is 7.11 Å². The van der Waals surface area contributed by atoms with E-state index in [1.54, 1.807) is 17.2 Å². The van der Waals surface area contributed by atoms with Crippen LogP contribution in [0.25, 0.3) is 0 Å². The normalized spacial score (nSPS) is 10.5. The molecule has 0 aliphatic heterocycles. The number of aryl methyl sites for hydroxylation is 1. The van der Waals surface area contributed by atoms with Crippen LogP contribution in [0.5, 0.6) is 0 Å². The van der Waals surface area contributed by atoms with Crippen molar-refractivity contribution in [1.29, 1.82) is 0 Å². The minimum atomic E-state index is -0.313. The number of carbonyl (C=O) groups is 1. The number of methoxy groups -OCH3 is 1. The maximum absolute atomic E-state index is 10.8. The van der Waals surface area contributed by atoms with Crippen LogP contribution in [-0.4, -0.2) is 13.1 Å². The minimum Gasteiger partial charge on any atom is -0.466 e. The lowest BCUT2D eigenvalue weighted by Crippen LogP contribution is -1.92. The van der Waals surface area contributed by atoms with Crippen LogP contribution in [0, 0.1) is 6.92 Å². The van der Waals surface area contributed by atoms with Crippen molar-refractivity contribution in [2.45, 2.75) is 12.7 Å². The Bertz CT molecular complexity index is 358. The Labute approximate surface area is 94.3 Å². The first-order valence-corrected chi connectivity index (χ1v) is 5.69. The van der Waals surface area contributed by atoms with Gasteiger partial charge in [-0.1, -0.05) is 29.8 Å². The summed E-state index contributed by atoms with van der Waals surface area (Å²) in [7, 11) is 1.37. The number of benzene rings is 1. The average molecular weight is 222 g/mol. The van der Waals surface area contributed by atoms with Gasteiger partial charge in [-0.3, -0.25) is 0 Å². The molecule has 1 aromatic carbocycles. The first-order chi connectivity index (χ1) is 7.22. The van der Waals surface area contributed by atoms with Gasteiger partial charge in [-0.05, 0) is 17.9 Å². The van der Waals surface area contributed by atoms with E-state index < -0.39 is 0 Å². The third-order valence-electron chi connectivity index (χ3n) is 1.83. The Balaban J connectivity index is 2.38. The van der Waals surface area contributed by atoms with Gasteiger partial charge >= 0.3 is 5.97 Å². The van der Waals surface area contributed by atoms with Gasteiger partial charge in [-0.25, -0.2) is 4.79 Å². The maximum atomic E-state index is 10.8. The van der Waals surface area contributed by atoms with E-state index in [9.17, 15) is 4.79 Å². The minimum absolute atomic E-state index is 0.313. The molecule has 1 aromatic rings. The molecule has 0 saturated carbocycles. The number of carbonyl (C=O) groups excluding carboxylic acids is 1. The first kappa shape index (κ1) is 11.9. The molecule has 1 rings (SSSR count). The van der Waals surface area contributed by atoms with E-state index in [1.807, 2.05) is 6.07 Å². The predicted molar refractivity (Wildman–Crippen MR) is 63.6 cm³/mol. The average Bonchev–Trinajstić information content (AvgIpc) is 2.24. The van der Waals surface area contributed by atoms with E-state index in [2.05, 4.69) is 29.9 Å². The van der Waals surface area contributed by atoms with E-state index >= 15 is 0 Å². The molecule has 0 heterocycles. The second kappa shape index (κ2) is 6.30. The number of rotatable bonds is 4. The molecule has 2 nitrogen and oxygen atoms in total. The summed E-state index contributed by atoms with van der Waals surface area (Å²) < 4.78 is 4.48. The number of esters is 1. The summed E-state index contributed by atoms with van der Waals surface area (Å²) in [6.45, 7) is 2.07. The molecular formula is C12H14O2S. The summed E-state index contributed by atoms with van der Waals surface area (Å²) in [4.78, 5) is 10.8. The van der Waals surface area contributed by atoms with Gasteiger partial charge in [0.25, 0.3) is 0 Å². The standard InChI is InChI=1S/C12H14O2S/c1-10-4-3-5-11(8-10)9-15-7-6-12(13)14-2/h3-8H,9H2,1-2H3. The first-order valence-electron chi connectivity index (χ1n) is 4.64. The molecule has 0 unspecified atom stereocenters. The molecule has 0 spiro atoms. The van der Waals surface area contributed by atoms with E-state index in [-0.39, 0.29) is 5.97 Å². The van der Waals surface area contributed by atoms with E-state index in [0.29, 0.717) is 0 Å². The van der Waals surface area contributed by atoms with Crippen LogP contribution in [0.1, 0.15) is 11.1 Å². The predicted octanol–water partition coefficient (Wildman–Crippen LogP) is 2.91. The second-order valence-corrected chi connectivity index (χ2v) is 4.02. The highest BCUT2D eigenvalue weighted by Gasteiger charge is 1.93. The highest BCUT2D eigenvalue weighted by Crippen LogP contribution is 2.14. The van der Waals surface area contributed by atoms with Crippen molar-refractivity contribution in [2.75, 3.05) is 7.11 Å². The summed E-state index contributed by atoms with van der Waals surface area (Å²) in [5, 5.41) is 1.76. The number of thioether (sulfide) groups is 1. The fraction of sp³-hybridized carbons (Fsp3) is 0.250. The highest BCUT2D eigenvalue weighted by molar-refractivity contribution is 8.01. The van der Waals surface area contributed by atoms with Gasteiger partial charge in [0.2, 0.25) is 0 Å². The van der Waals surface area contributed by atoms with Crippen LogP contribution in [0.15, 0.2) is 35.7 Å². The third-order valence-corrected chi connectivity index (χ3v) is 2.66. The van der Waals surface area contributed by atoms with Crippen LogP contribution in [0.4, 0.5) is 0 Å². The molecule has 0 radical (unpaired) electrons. The molecule has 0 saturated heterocycles. The van der Waals surface area contributed by atoms with Gasteiger partial charge in [0, 0.05) is 11.8 Å². The summed E-state index contributed by atoms with van der Waals surface area (Å²) in [5.41, 5.74) is 2.51. The highest BCUT2D eigenvalue weighted by atomic mass is 32.2. The molecule has 0 N–H and O–H groups in total. The van der Waals surface area contributed by atoms with E-state index in [4.69, 9.17) is 0 Å². The van der Waals surface area contributed by atoms with E-state index in [0.717, 1.165) is 5.75 Å². The zero-order valence-corrected chi connectivity index (χ0v) is 9.71. The largest absolute Gasteiger partial charge is 0.466 e. The topological polar surface area (TPSA) is 26.3 Å². The van der Waals surface area contributed by atoms with Crippen molar-refractivity contribution in [3.05, 3.63) is 46.9 Å². The molecule has 15 heavy (non-hydrogen) atoms. The Morgan fingerprint density at radius 1 is 1.53 bits per heavy atom. The molecule has 0 aliphatic carbocycles. The molecule has 0 fully saturated rings. The van der Waals surface area contributed by atoms with E-state index in [1.165, 1.54) is 24.3 Å². The SMILES string of the molecule is COC(=O)C=CSCc1cccc(C)c1. The lowest BCUT2D eigenvalue weighted by atomic mass is 10.2. The van der Waals surface area contributed by atoms with Gasteiger partial charge in [-0.15, -0.1) is 11.8 Å². The zero-order valence-electron chi connectivity index (χ0n) is 8.90. The Hall–Kier alpha value is -1.22. The van der Waals surface area contributed by atoms with Crippen molar-refractivity contribution in [3.63, 3.8) is 0 Å². The van der Waals surface area contributed by atoms with Crippen molar-refractivity contribution >= 4 is 17.7 Å². The fourth-order valence-electron chi connectivity index (χ4n) is 1.12. The Kier molecular flexibility index (Phi) is 4.98.